The van der Waals surface area contributed by atoms with E-state index in [0.717, 1.165) is 0 Å². The van der Waals surface area contributed by atoms with E-state index in [4.69, 9.17) is 28.4 Å². The van der Waals surface area contributed by atoms with Crippen molar-refractivity contribution in [2.45, 2.75) is 19.1 Å². The lowest BCUT2D eigenvalue weighted by atomic mass is 9.92. The molecule has 8 heteroatoms. The third kappa shape index (κ3) is 3.78. The zero-order valence-electron chi connectivity index (χ0n) is 16.8. The summed E-state index contributed by atoms with van der Waals surface area (Å²) in [5.74, 6) is 0.948. The Morgan fingerprint density at radius 2 is 1.59 bits per heavy atom. The number of methoxy groups -OCH3 is 4. The number of Topliss-reactive ketones (excluding diaryl/α,β-unsaturated/α-hetero) is 1. The lowest BCUT2D eigenvalue weighted by molar-refractivity contribution is -0.148. The molecule has 0 N–H and O–H groups in total. The van der Waals surface area contributed by atoms with Crippen LogP contribution < -0.4 is 23.7 Å². The number of ketones is 1. The number of carbonyl (C=O) groups excluding carboxylic acids is 2. The molecule has 0 aromatic heterocycles. The van der Waals surface area contributed by atoms with Crippen LogP contribution >= 0.6 is 0 Å². The van der Waals surface area contributed by atoms with Crippen LogP contribution in [0.2, 0.25) is 0 Å². The number of carbonyl (C=O) groups is 2. The first-order valence-corrected chi connectivity index (χ1v) is 8.79. The van der Waals surface area contributed by atoms with Crippen LogP contribution in [0.5, 0.6) is 28.7 Å². The summed E-state index contributed by atoms with van der Waals surface area (Å²) in [5.41, 5.74) is 0.769. The third-order valence-corrected chi connectivity index (χ3v) is 4.56. The molecule has 2 aromatic carbocycles. The molecule has 0 unspecified atom stereocenters. The first-order chi connectivity index (χ1) is 13.9. The Balaban J connectivity index is 2.14. The first kappa shape index (κ1) is 20.3. The fraction of sp³-hybridized carbons (Fsp3) is 0.333. The van der Waals surface area contributed by atoms with Gasteiger partial charge in [0.25, 0.3) is 0 Å². The van der Waals surface area contributed by atoms with Crippen molar-refractivity contribution in [2.75, 3.05) is 28.4 Å². The zero-order valence-corrected chi connectivity index (χ0v) is 16.8. The van der Waals surface area contributed by atoms with E-state index in [0.29, 0.717) is 22.8 Å². The van der Waals surface area contributed by atoms with Crippen LogP contribution in [0.3, 0.4) is 0 Å². The SMILES string of the molecule is COc1cc(OC)c2c(c1)O[C@@H](c1ccc(OC)c(OC)c1)[C@H](OC(C)=O)C2=O. The molecule has 3 rings (SSSR count). The van der Waals surface area contributed by atoms with Gasteiger partial charge in [0.2, 0.25) is 11.9 Å². The maximum Gasteiger partial charge on any atom is 0.303 e. The molecule has 0 saturated heterocycles. The quantitative estimate of drug-likeness (QED) is 0.682. The van der Waals surface area contributed by atoms with Gasteiger partial charge in [-0.2, -0.15) is 0 Å². The van der Waals surface area contributed by atoms with Gasteiger partial charge in [-0.25, -0.2) is 0 Å². The highest BCUT2D eigenvalue weighted by atomic mass is 16.6. The average Bonchev–Trinajstić information content (AvgIpc) is 2.73. The maximum absolute atomic E-state index is 13.3. The monoisotopic (exact) mass is 402 g/mol. The second-order valence-corrected chi connectivity index (χ2v) is 6.25. The summed E-state index contributed by atoms with van der Waals surface area (Å²) in [7, 11) is 5.96. The summed E-state index contributed by atoms with van der Waals surface area (Å²) in [6, 6.07) is 8.25. The Hall–Kier alpha value is -3.42. The number of esters is 1. The number of benzene rings is 2. The summed E-state index contributed by atoms with van der Waals surface area (Å²) in [6.45, 7) is 1.24. The summed E-state index contributed by atoms with van der Waals surface area (Å²) in [6.07, 6.45) is -2.09. The van der Waals surface area contributed by atoms with Gasteiger partial charge in [-0.05, 0) is 12.1 Å². The van der Waals surface area contributed by atoms with Crippen LogP contribution in [0, 0.1) is 0 Å². The Labute approximate surface area is 168 Å². The molecule has 0 bridgehead atoms. The highest BCUT2D eigenvalue weighted by molar-refractivity contribution is 6.06. The Kier molecular flexibility index (Phi) is 5.81. The minimum atomic E-state index is -1.19. The second kappa shape index (κ2) is 8.30. The topological polar surface area (TPSA) is 89.5 Å². The Morgan fingerprint density at radius 3 is 2.17 bits per heavy atom. The normalized spacial score (nSPS) is 17.6. The first-order valence-electron chi connectivity index (χ1n) is 8.79. The van der Waals surface area contributed by atoms with Crippen LogP contribution in [0.25, 0.3) is 0 Å². The molecule has 0 aliphatic carbocycles. The van der Waals surface area contributed by atoms with Gasteiger partial charge >= 0.3 is 5.97 Å². The second-order valence-electron chi connectivity index (χ2n) is 6.25. The molecule has 1 aliphatic heterocycles. The Morgan fingerprint density at radius 1 is 0.897 bits per heavy atom. The van der Waals surface area contributed by atoms with Crippen LogP contribution in [-0.2, 0) is 9.53 Å². The summed E-state index contributed by atoms with van der Waals surface area (Å²) in [5, 5.41) is 0. The van der Waals surface area contributed by atoms with Gasteiger partial charge in [0.05, 0.1) is 28.4 Å². The minimum absolute atomic E-state index is 0.191. The highest BCUT2D eigenvalue weighted by Gasteiger charge is 2.43. The van der Waals surface area contributed by atoms with Crippen molar-refractivity contribution in [3.8, 4) is 28.7 Å². The minimum Gasteiger partial charge on any atom is -0.496 e. The molecule has 1 aliphatic rings. The van der Waals surface area contributed by atoms with Crippen molar-refractivity contribution in [3.05, 3.63) is 41.5 Å². The van der Waals surface area contributed by atoms with Gasteiger partial charge in [0, 0.05) is 24.6 Å². The lowest BCUT2D eigenvalue weighted by Gasteiger charge is -2.33. The zero-order chi connectivity index (χ0) is 21.1. The molecule has 0 fully saturated rings. The lowest BCUT2D eigenvalue weighted by Crippen LogP contribution is -2.39. The van der Waals surface area contributed by atoms with Crippen molar-refractivity contribution >= 4 is 11.8 Å². The number of hydrogen-bond donors (Lipinski definition) is 0. The largest absolute Gasteiger partial charge is 0.496 e. The van der Waals surface area contributed by atoms with Crippen LogP contribution in [0.1, 0.15) is 28.9 Å². The maximum atomic E-state index is 13.3. The van der Waals surface area contributed by atoms with E-state index in [-0.39, 0.29) is 17.1 Å². The van der Waals surface area contributed by atoms with E-state index >= 15 is 0 Å². The summed E-state index contributed by atoms with van der Waals surface area (Å²) in [4.78, 5) is 25.0. The Bertz CT molecular complexity index is 937. The predicted molar refractivity (Wildman–Crippen MR) is 102 cm³/mol. The number of ether oxygens (including phenoxy) is 6. The smallest absolute Gasteiger partial charge is 0.303 e. The molecule has 2 atom stereocenters. The van der Waals surface area contributed by atoms with Gasteiger partial charge in [0.1, 0.15) is 22.8 Å². The molecule has 2 aromatic rings. The molecule has 8 nitrogen and oxygen atoms in total. The number of hydrogen-bond acceptors (Lipinski definition) is 8. The van der Waals surface area contributed by atoms with E-state index in [9.17, 15) is 9.59 Å². The number of fused-ring (bicyclic) bond motifs is 1. The van der Waals surface area contributed by atoms with E-state index in [2.05, 4.69) is 0 Å². The summed E-state index contributed by atoms with van der Waals surface area (Å²) >= 11 is 0. The molecule has 29 heavy (non-hydrogen) atoms. The summed E-state index contributed by atoms with van der Waals surface area (Å²) < 4.78 is 32.6. The van der Waals surface area contributed by atoms with Crippen molar-refractivity contribution < 1.29 is 38.0 Å². The molecule has 0 amide bonds. The van der Waals surface area contributed by atoms with Crippen molar-refractivity contribution in [3.63, 3.8) is 0 Å². The van der Waals surface area contributed by atoms with Gasteiger partial charge in [-0.1, -0.05) is 6.07 Å². The van der Waals surface area contributed by atoms with Gasteiger partial charge < -0.3 is 28.4 Å². The van der Waals surface area contributed by atoms with Crippen molar-refractivity contribution in [1.29, 1.82) is 0 Å². The van der Waals surface area contributed by atoms with E-state index < -0.39 is 24.0 Å². The molecule has 0 spiro atoms. The predicted octanol–water partition coefficient (Wildman–Crippen LogP) is 2.97. The molecule has 1 heterocycles. The average molecular weight is 402 g/mol. The van der Waals surface area contributed by atoms with E-state index in [1.807, 2.05) is 0 Å². The van der Waals surface area contributed by atoms with E-state index in [1.54, 1.807) is 30.3 Å². The van der Waals surface area contributed by atoms with Gasteiger partial charge in [0.15, 0.2) is 17.6 Å². The molecule has 154 valence electrons. The fourth-order valence-electron chi connectivity index (χ4n) is 3.23. The highest BCUT2D eigenvalue weighted by Crippen LogP contribution is 2.44. The fourth-order valence-corrected chi connectivity index (χ4v) is 3.23. The van der Waals surface area contributed by atoms with Gasteiger partial charge in [-0.3, -0.25) is 9.59 Å². The van der Waals surface area contributed by atoms with Gasteiger partial charge in [-0.15, -0.1) is 0 Å². The van der Waals surface area contributed by atoms with Crippen LogP contribution in [0.15, 0.2) is 30.3 Å². The third-order valence-electron chi connectivity index (χ3n) is 4.56. The molecule has 0 radical (unpaired) electrons. The van der Waals surface area contributed by atoms with E-state index in [1.165, 1.54) is 35.4 Å². The standard InChI is InChI=1S/C21H22O8/c1-11(22)28-21-19(23)18-16(27-5)9-13(24-2)10-17(18)29-20(21)12-6-7-14(25-3)15(8-12)26-4/h6-10,20-21H,1-5H3/t20-,21+/m0/s1. The molecular weight excluding hydrogens is 380 g/mol. The van der Waals surface area contributed by atoms with Crippen molar-refractivity contribution in [1.82, 2.24) is 0 Å². The number of rotatable bonds is 6. The molecular formula is C21H22O8. The van der Waals surface area contributed by atoms with Crippen LogP contribution in [-0.4, -0.2) is 46.3 Å². The van der Waals surface area contributed by atoms with Crippen molar-refractivity contribution in [2.24, 2.45) is 0 Å². The van der Waals surface area contributed by atoms with Crippen LogP contribution in [0.4, 0.5) is 0 Å². The molecule has 0 saturated carbocycles.